The summed E-state index contributed by atoms with van der Waals surface area (Å²) in [7, 11) is 0. The van der Waals surface area contributed by atoms with Gasteiger partial charge in [-0.2, -0.15) is 0 Å². The molecule has 0 heterocycles. The Hall–Kier alpha value is -1.44. The SMILES string of the molecule is Cc1ccc([C@H]2CC(=O)[C@H]3CC(=O)CC[C@H]32)cc1C. The van der Waals surface area contributed by atoms with E-state index < -0.39 is 0 Å². The maximum atomic E-state index is 12.1. The van der Waals surface area contributed by atoms with Gasteiger partial charge in [0.2, 0.25) is 0 Å². The molecule has 0 saturated heterocycles. The number of hydrogen-bond donors (Lipinski definition) is 0. The molecule has 0 radical (unpaired) electrons. The van der Waals surface area contributed by atoms with Gasteiger partial charge in [-0.3, -0.25) is 9.59 Å². The maximum Gasteiger partial charge on any atom is 0.137 e. The summed E-state index contributed by atoms with van der Waals surface area (Å²) in [5, 5.41) is 0. The molecule has 0 aliphatic heterocycles. The van der Waals surface area contributed by atoms with Crippen LogP contribution in [-0.2, 0) is 9.59 Å². The summed E-state index contributed by atoms with van der Waals surface area (Å²) in [5.41, 5.74) is 3.88. The third-order valence-electron chi connectivity index (χ3n) is 5.03. The standard InChI is InChI=1S/C17H20O2/c1-10-3-4-12(7-11(10)2)15-9-17(19)16-8-13(18)5-6-14(15)16/h3-4,7,14-16H,5-6,8-9H2,1-2H3/t14-,15+,16-/m0/s1. The van der Waals surface area contributed by atoms with E-state index >= 15 is 0 Å². The molecule has 2 fully saturated rings. The summed E-state index contributed by atoms with van der Waals surface area (Å²) in [6.45, 7) is 4.23. The van der Waals surface area contributed by atoms with E-state index in [0.717, 1.165) is 6.42 Å². The van der Waals surface area contributed by atoms with Crippen molar-refractivity contribution >= 4 is 11.6 Å². The largest absolute Gasteiger partial charge is 0.300 e. The van der Waals surface area contributed by atoms with E-state index in [1.807, 2.05) is 0 Å². The van der Waals surface area contributed by atoms with Crippen LogP contribution in [0.3, 0.4) is 0 Å². The Labute approximate surface area is 114 Å². The third kappa shape index (κ3) is 2.13. The number of aryl methyl sites for hydroxylation is 2. The van der Waals surface area contributed by atoms with Crippen molar-refractivity contribution in [2.45, 2.75) is 45.4 Å². The van der Waals surface area contributed by atoms with Crippen LogP contribution in [-0.4, -0.2) is 11.6 Å². The van der Waals surface area contributed by atoms with Crippen molar-refractivity contribution in [1.29, 1.82) is 0 Å². The molecular weight excluding hydrogens is 236 g/mol. The Morgan fingerprint density at radius 3 is 2.53 bits per heavy atom. The van der Waals surface area contributed by atoms with Gasteiger partial charge in [-0.1, -0.05) is 18.2 Å². The van der Waals surface area contributed by atoms with Gasteiger partial charge in [0.1, 0.15) is 11.6 Å². The molecule has 3 atom stereocenters. The van der Waals surface area contributed by atoms with E-state index in [4.69, 9.17) is 0 Å². The zero-order chi connectivity index (χ0) is 13.6. The van der Waals surface area contributed by atoms with E-state index in [0.29, 0.717) is 36.9 Å². The maximum absolute atomic E-state index is 12.1. The fourth-order valence-corrected chi connectivity index (χ4v) is 3.74. The van der Waals surface area contributed by atoms with Gasteiger partial charge >= 0.3 is 0 Å². The summed E-state index contributed by atoms with van der Waals surface area (Å²) in [6.07, 6.45) is 2.68. The van der Waals surface area contributed by atoms with Crippen molar-refractivity contribution in [3.63, 3.8) is 0 Å². The summed E-state index contributed by atoms with van der Waals surface area (Å²) >= 11 is 0. The molecule has 3 rings (SSSR count). The number of benzene rings is 1. The van der Waals surface area contributed by atoms with Gasteiger partial charge in [0, 0.05) is 25.2 Å². The summed E-state index contributed by atoms with van der Waals surface area (Å²) in [5.74, 6) is 1.32. The molecular formula is C17H20O2. The molecule has 0 unspecified atom stereocenters. The van der Waals surface area contributed by atoms with Crippen molar-refractivity contribution in [2.75, 3.05) is 0 Å². The molecule has 2 aliphatic carbocycles. The number of carbonyl (C=O) groups excluding carboxylic acids is 2. The van der Waals surface area contributed by atoms with Crippen molar-refractivity contribution in [3.8, 4) is 0 Å². The van der Waals surface area contributed by atoms with Crippen molar-refractivity contribution < 1.29 is 9.59 Å². The van der Waals surface area contributed by atoms with Gasteiger partial charge in [-0.05, 0) is 48.8 Å². The molecule has 2 nitrogen and oxygen atoms in total. The molecule has 1 aromatic rings. The smallest absolute Gasteiger partial charge is 0.137 e. The zero-order valence-corrected chi connectivity index (χ0v) is 11.6. The molecule has 0 amide bonds. The molecule has 19 heavy (non-hydrogen) atoms. The van der Waals surface area contributed by atoms with Crippen LogP contribution in [0.5, 0.6) is 0 Å². The third-order valence-corrected chi connectivity index (χ3v) is 5.03. The quantitative estimate of drug-likeness (QED) is 0.772. The first-order chi connectivity index (χ1) is 9.06. The second-order valence-corrected chi connectivity index (χ2v) is 6.17. The lowest BCUT2D eigenvalue weighted by Crippen LogP contribution is -2.26. The van der Waals surface area contributed by atoms with Crippen molar-refractivity contribution in [1.82, 2.24) is 0 Å². The van der Waals surface area contributed by atoms with Crippen LogP contribution in [0.4, 0.5) is 0 Å². The first-order valence-electron chi connectivity index (χ1n) is 7.18. The highest BCUT2D eigenvalue weighted by Gasteiger charge is 2.45. The monoisotopic (exact) mass is 256 g/mol. The Bertz CT molecular complexity index is 544. The highest BCUT2D eigenvalue weighted by Crippen LogP contribution is 2.47. The molecule has 0 aromatic heterocycles. The molecule has 2 heteroatoms. The van der Waals surface area contributed by atoms with Crippen LogP contribution in [0.15, 0.2) is 18.2 Å². The van der Waals surface area contributed by atoms with Gasteiger partial charge in [0.15, 0.2) is 0 Å². The highest BCUT2D eigenvalue weighted by molar-refractivity contribution is 5.91. The van der Waals surface area contributed by atoms with E-state index in [9.17, 15) is 9.59 Å². The van der Waals surface area contributed by atoms with E-state index in [1.165, 1.54) is 16.7 Å². The van der Waals surface area contributed by atoms with Gasteiger partial charge in [-0.15, -0.1) is 0 Å². The van der Waals surface area contributed by atoms with Crippen LogP contribution in [0, 0.1) is 25.7 Å². The number of carbonyl (C=O) groups is 2. The summed E-state index contributed by atoms with van der Waals surface area (Å²) in [6, 6.07) is 6.54. The van der Waals surface area contributed by atoms with Gasteiger partial charge in [0.25, 0.3) is 0 Å². The van der Waals surface area contributed by atoms with Crippen LogP contribution in [0.2, 0.25) is 0 Å². The second kappa shape index (κ2) is 4.59. The van der Waals surface area contributed by atoms with Crippen LogP contribution < -0.4 is 0 Å². The van der Waals surface area contributed by atoms with Crippen molar-refractivity contribution in [2.24, 2.45) is 11.8 Å². The minimum absolute atomic E-state index is 0.00728. The van der Waals surface area contributed by atoms with Gasteiger partial charge < -0.3 is 0 Å². The Morgan fingerprint density at radius 2 is 1.79 bits per heavy atom. The molecule has 1 aromatic carbocycles. The van der Waals surface area contributed by atoms with E-state index in [2.05, 4.69) is 32.0 Å². The first kappa shape index (κ1) is 12.6. The Kier molecular flexibility index (Phi) is 3.04. The molecule has 0 bridgehead atoms. The molecule has 2 aliphatic rings. The number of rotatable bonds is 1. The van der Waals surface area contributed by atoms with Crippen LogP contribution in [0.1, 0.15) is 48.3 Å². The molecule has 0 spiro atoms. The molecule has 0 N–H and O–H groups in total. The zero-order valence-electron chi connectivity index (χ0n) is 11.6. The average molecular weight is 256 g/mol. The fourth-order valence-electron chi connectivity index (χ4n) is 3.74. The lowest BCUT2D eigenvalue weighted by molar-refractivity contribution is -0.129. The lowest BCUT2D eigenvalue weighted by atomic mass is 9.75. The number of Topliss-reactive ketones (excluding diaryl/α,β-unsaturated/α-hetero) is 2. The number of hydrogen-bond acceptors (Lipinski definition) is 2. The number of fused-ring (bicyclic) bond motifs is 1. The first-order valence-corrected chi connectivity index (χ1v) is 7.18. The number of ketones is 2. The highest BCUT2D eigenvalue weighted by atomic mass is 16.1. The fraction of sp³-hybridized carbons (Fsp3) is 0.529. The van der Waals surface area contributed by atoms with Gasteiger partial charge in [-0.25, -0.2) is 0 Å². The topological polar surface area (TPSA) is 34.1 Å². The average Bonchev–Trinajstić information content (AvgIpc) is 2.70. The molecule has 2 saturated carbocycles. The van der Waals surface area contributed by atoms with E-state index in [1.54, 1.807) is 0 Å². The Balaban J connectivity index is 1.91. The van der Waals surface area contributed by atoms with Crippen LogP contribution in [0.25, 0.3) is 0 Å². The minimum atomic E-state index is 0.00728. The second-order valence-electron chi connectivity index (χ2n) is 6.17. The van der Waals surface area contributed by atoms with E-state index in [-0.39, 0.29) is 11.7 Å². The minimum Gasteiger partial charge on any atom is -0.300 e. The molecule has 100 valence electrons. The predicted molar refractivity (Wildman–Crippen MR) is 74.1 cm³/mol. The normalized spacial score (nSPS) is 30.5. The Morgan fingerprint density at radius 1 is 1.00 bits per heavy atom. The van der Waals surface area contributed by atoms with Crippen LogP contribution >= 0.6 is 0 Å². The van der Waals surface area contributed by atoms with Crippen molar-refractivity contribution in [3.05, 3.63) is 34.9 Å². The van der Waals surface area contributed by atoms with Gasteiger partial charge in [0.05, 0.1) is 0 Å². The lowest BCUT2D eigenvalue weighted by Gasteiger charge is -2.27. The summed E-state index contributed by atoms with van der Waals surface area (Å²) in [4.78, 5) is 23.7. The summed E-state index contributed by atoms with van der Waals surface area (Å²) < 4.78 is 0. The predicted octanol–water partition coefficient (Wildman–Crippen LogP) is 3.35.